The summed E-state index contributed by atoms with van der Waals surface area (Å²) >= 11 is 1.36. The molecule has 2 radical (unpaired) electrons. The number of rotatable bonds is 4. The normalized spacial score (nSPS) is 9.77. The first-order valence-electron chi connectivity index (χ1n) is 14.5. The number of hydrogen-bond acceptors (Lipinski definition) is 2. The third kappa shape index (κ3) is 8.87. The number of hydrogen-bond donors (Lipinski definition) is 0. The van der Waals surface area contributed by atoms with E-state index in [1.807, 2.05) is 50.2 Å². The monoisotopic (exact) mass is 762 g/mol. The molecule has 2 nitrogen and oxygen atoms in total. The SMILES string of the molecule is Cc1ccc(-c2cc3c(-c4ccccc4)cccc3[cH-]2)o1.Cc1ccc(-c2cc3c(-c4ccccc4)cccc3[cH-]2)o1.Cl.Cl.[CH3-].[CH3-].[Si]=[Zr]. The molecule has 0 aliphatic heterocycles. The van der Waals surface area contributed by atoms with E-state index in [4.69, 9.17) is 8.83 Å². The van der Waals surface area contributed by atoms with Gasteiger partial charge in [0, 0.05) is 0 Å². The van der Waals surface area contributed by atoms with Crippen molar-refractivity contribution in [2.24, 2.45) is 0 Å². The fraction of sp³-hybridized carbons (Fsp3) is 0.0476. The first kappa shape index (κ1) is 40.5. The molecule has 8 aromatic rings. The Morgan fingerprint density at radius 3 is 1.19 bits per heavy atom. The topological polar surface area (TPSA) is 26.3 Å². The van der Waals surface area contributed by atoms with Crippen LogP contribution < -0.4 is 0 Å². The second-order valence-corrected chi connectivity index (χ2v) is 10.7. The van der Waals surface area contributed by atoms with Crippen LogP contribution in [0.3, 0.4) is 0 Å². The summed E-state index contributed by atoms with van der Waals surface area (Å²) in [6, 6.07) is 50.8. The average molecular weight is 765 g/mol. The van der Waals surface area contributed by atoms with E-state index in [9.17, 15) is 0 Å². The molecule has 0 saturated carbocycles. The van der Waals surface area contributed by atoms with Crippen molar-refractivity contribution in [2.75, 3.05) is 0 Å². The Labute approximate surface area is 313 Å². The Morgan fingerprint density at radius 1 is 0.479 bits per heavy atom. The van der Waals surface area contributed by atoms with Crippen molar-refractivity contribution in [3.63, 3.8) is 0 Å². The molecule has 0 bridgehead atoms. The minimum absolute atomic E-state index is 0. The predicted octanol–water partition coefficient (Wildman–Crippen LogP) is 12.9. The molecule has 0 aliphatic carbocycles. The van der Waals surface area contributed by atoms with Crippen LogP contribution in [-0.4, -0.2) is 6.88 Å². The number of aryl methyl sites for hydroxylation is 2. The van der Waals surface area contributed by atoms with Crippen LogP contribution >= 0.6 is 24.8 Å². The summed E-state index contributed by atoms with van der Waals surface area (Å²) < 4.78 is 11.5. The van der Waals surface area contributed by atoms with Gasteiger partial charge in [-0.05, 0) is 49.2 Å². The van der Waals surface area contributed by atoms with E-state index < -0.39 is 0 Å². The first-order chi connectivity index (χ1) is 21.6. The molecule has 6 aromatic carbocycles. The van der Waals surface area contributed by atoms with Gasteiger partial charge < -0.3 is 23.7 Å². The maximum atomic E-state index is 5.74. The zero-order chi connectivity index (χ0) is 30.5. The molecule has 6 heteroatoms. The standard InChI is InChI=1S/2C20H15O.2CH3.2ClH.Si.Zr/c2*1-14-10-11-20(21-14)17-12-16-8-5-9-18(19(16)13-17)15-6-3-2-4-7-15;;;;;;/h2*2-13H,1H3;2*1H3;2*1H;;/q4*-1;;;;. The molecular weight excluding hydrogens is 727 g/mol. The van der Waals surface area contributed by atoms with Crippen molar-refractivity contribution in [1.82, 2.24) is 0 Å². The average Bonchev–Trinajstić information content (AvgIpc) is 3.89. The summed E-state index contributed by atoms with van der Waals surface area (Å²) in [4.78, 5) is 0. The van der Waals surface area contributed by atoms with Crippen molar-refractivity contribution in [3.8, 4) is 44.9 Å². The van der Waals surface area contributed by atoms with Gasteiger partial charge in [0.15, 0.2) is 0 Å². The van der Waals surface area contributed by atoms with E-state index >= 15 is 0 Å². The van der Waals surface area contributed by atoms with E-state index in [1.165, 1.54) is 67.1 Å². The molecule has 0 amide bonds. The molecule has 0 fully saturated rings. The second-order valence-electron chi connectivity index (χ2n) is 10.7. The summed E-state index contributed by atoms with van der Waals surface area (Å²) in [5.41, 5.74) is 7.31. The molecule has 0 atom stereocenters. The zero-order valence-corrected chi connectivity index (χ0v) is 32.6. The van der Waals surface area contributed by atoms with Crippen LogP contribution in [0.25, 0.3) is 66.4 Å². The van der Waals surface area contributed by atoms with Crippen molar-refractivity contribution >= 4 is 53.2 Å². The Hall–Kier alpha value is -3.66. The van der Waals surface area contributed by atoms with Crippen molar-refractivity contribution in [3.05, 3.63) is 172 Å². The van der Waals surface area contributed by atoms with Crippen molar-refractivity contribution in [2.45, 2.75) is 13.8 Å². The van der Waals surface area contributed by atoms with Crippen molar-refractivity contribution in [1.29, 1.82) is 0 Å². The summed E-state index contributed by atoms with van der Waals surface area (Å²) in [6.45, 7) is 7.01. The number of furan rings is 2. The van der Waals surface area contributed by atoms with Gasteiger partial charge >= 0.3 is 30.2 Å². The van der Waals surface area contributed by atoms with Crippen LogP contribution in [0.5, 0.6) is 0 Å². The fourth-order valence-corrected chi connectivity index (χ4v) is 5.67. The summed E-state index contributed by atoms with van der Waals surface area (Å²) in [6.07, 6.45) is 0. The zero-order valence-electron chi connectivity index (χ0n) is 27.5. The summed E-state index contributed by atoms with van der Waals surface area (Å²) in [5, 5.41) is 5.04. The number of benzene rings is 4. The predicted molar refractivity (Wildman–Crippen MR) is 208 cm³/mol. The fourth-order valence-electron chi connectivity index (χ4n) is 5.67. The van der Waals surface area contributed by atoms with Crippen LogP contribution in [-0.2, 0) is 23.3 Å². The van der Waals surface area contributed by atoms with E-state index in [2.05, 4.69) is 116 Å². The molecule has 8 rings (SSSR count). The van der Waals surface area contributed by atoms with Crippen LogP contribution in [0.15, 0.2) is 154 Å². The molecule has 2 aromatic heterocycles. The molecule has 0 aliphatic rings. The van der Waals surface area contributed by atoms with Crippen LogP contribution in [0, 0.1) is 28.7 Å². The van der Waals surface area contributed by atoms with E-state index in [0.29, 0.717) is 0 Å². The van der Waals surface area contributed by atoms with Gasteiger partial charge in [-0.15, -0.1) is 82.8 Å². The minimum atomic E-state index is 0. The Kier molecular flexibility index (Phi) is 15.8. The Bertz CT molecular complexity index is 1980. The van der Waals surface area contributed by atoms with E-state index in [0.717, 1.165) is 34.2 Å². The van der Waals surface area contributed by atoms with Crippen LogP contribution in [0.4, 0.5) is 0 Å². The molecule has 0 unspecified atom stereocenters. The molecule has 0 spiro atoms. The van der Waals surface area contributed by atoms with Gasteiger partial charge in [-0.1, -0.05) is 107 Å². The maximum absolute atomic E-state index is 5.74. The van der Waals surface area contributed by atoms with Crippen LogP contribution in [0.2, 0.25) is 0 Å². The van der Waals surface area contributed by atoms with E-state index in [1.54, 1.807) is 0 Å². The van der Waals surface area contributed by atoms with Gasteiger partial charge in [0.05, 0.1) is 23.0 Å². The molecule has 48 heavy (non-hydrogen) atoms. The van der Waals surface area contributed by atoms with Gasteiger partial charge in [0.25, 0.3) is 0 Å². The summed E-state index contributed by atoms with van der Waals surface area (Å²) in [5.74, 6) is 3.75. The first-order valence-corrected chi connectivity index (χ1v) is 18.7. The third-order valence-electron chi connectivity index (χ3n) is 7.72. The second kappa shape index (κ2) is 18.8. The Balaban J connectivity index is 0.000000294. The van der Waals surface area contributed by atoms with Gasteiger partial charge in [-0.2, -0.15) is 0 Å². The Morgan fingerprint density at radius 2 is 0.854 bits per heavy atom. The van der Waals surface area contributed by atoms with E-state index in [-0.39, 0.29) is 39.7 Å². The summed E-state index contributed by atoms with van der Waals surface area (Å²) in [7, 11) is 0. The van der Waals surface area contributed by atoms with Gasteiger partial charge in [-0.25, -0.2) is 0 Å². The van der Waals surface area contributed by atoms with Crippen molar-refractivity contribution < 1.29 is 32.2 Å². The number of fused-ring (bicyclic) bond motifs is 2. The molecular formula is C42H38Cl2O2SiZr-4. The molecule has 244 valence electrons. The van der Waals surface area contributed by atoms with Crippen LogP contribution in [0.1, 0.15) is 11.5 Å². The van der Waals surface area contributed by atoms with Gasteiger partial charge in [0.1, 0.15) is 0 Å². The molecule has 0 N–H and O–H groups in total. The number of halogens is 2. The third-order valence-corrected chi connectivity index (χ3v) is 7.72. The quantitative estimate of drug-likeness (QED) is 0.132. The van der Waals surface area contributed by atoms with Gasteiger partial charge in [0.2, 0.25) is 0 Å². The molecule has 0 saturated heterocycles. The molecule has 2 heterocycles. The van der Waals surface area contributed by atoms with Gasteiger partial charge in [-0.3, -0.25) is 0 Å².